The highest BCUT2D eigenvalue weighted by Crippen LogP contribution is 1.75. The summed E-state index contributed by atoms with van der Waals surface area (Å²) in [5.74, 6) is -2.75. The van der Waals surface area contributed by atoms with Crippen LogP contribution in [0.2, 0.25) is 0 Å². The Kier molecular flexibility index (Phi) is 2.11. The zero-order valence-corrected chi connectivity index (χ0v) is 3.87. The van der Waals surface area contributed by atoms with Crippen molar-refractivity contribution in [2.24, 2.45) is 5.73 Å². The minimum atomic E-state index is -2.27. The van der Waals surface area contributed by atoms with Gasteiger partial charge in [-0.05, 0) is 0 Å². The van der Waals surface area contributed by atoms with E-state index in [1.807, 2.05) is 0 Å². The quantitative estimate of drug-likeness (QED) is 0.273. The lowest BCUT2D eigenvalue weighted by atomic mass is 10.4. The van der Waals surface area contributed by atoms with Gasteiger partial charge in [-0.3, -0.25) is 9.59 Å². The van der Waals surface area contributed by atoms with Crippen LogP contribution in [0.4, 0.5) is 0 Å². The average molecular weight is 119 g/mol. The first-order valence-corrected chi connectivity index (χ1v) is 1.75. The van der Waals surface area contributed by atoms with Crippen LogP contribution < -0.4 is 5.73 Å². The Hall–Kier alpha value is -0.940. The predicted molar refractivity (Wildman–Crippen MR) is 22.4 cm³/mol. The number of rotatable bonds is 2. The fourth-order valence-electron chi connectivity index (χ4n) is 0.127. The van der Waals surface area contributed by atoms with E-state index in [1.165, 1.54) is 0 Å². The van der Waals surface area contributed by atoms with Crippen molar-refractivity contribution in [2.75, 3.05) is 0 Å². The molecule has 0 aliphatic carbocycles. The maximum Gasteiger partial charge on any atom is 0.290 e. The fourth-order valence-corrected chi connectivity index (χ4v) is 0.127. The molecule has 1 amide bonds. The number of Topliss-reactive ketones (excluding diaryl/α,β-unsaturated/α-hetero) is 1. The van der Waals surface area contributed by atoms with Crippen molar-refractivity contribution in [2.45, 2.75) is 6.29 Å². The largest absolute Gasteiger partial charge is 0.363 e. The summed E-state index contributed by atoms with van der Waals surface area (Å²) < 4.78 is 0. The van der Waals surface area contributed by atoms with E-state index in [9.17, 15) is 9.59 Å². The Labute approximate surface area is 44.7 Å². The molecule has 0 fully saturated rings. The first kappa shape index (κ1) is 7.06. The van der Waals surface area contributed by atoms with Gasteiger partial charge in [0.2, 0.25) is 6.29 Å². The monoisotopic (exact) mass is 119 g/mol. The Bertz CT molecular complexity index is 118. The minimum Gasteiger partial charge on any atom is -0.363 e. The molecule has 0 saturated heterocycles. The van der Waals surface area contributed by atoms with E-state index in [4.69, 9.17) is 10.2 Å². The molecule has 0 radical (unpaired) electrons. The first-order chi connectivity index (χ1) is 3.55. The highest BCUT2D eigenvalue weighted by Gasteiger charge is 2.16. The molecule has 5 heteroatoms. The van der Waals surface area contributed by atoms with E-state index in [2.05, 4.69) is 5.73 Å². The van der Waals surface area contributed by atoms with Gasteiger partial charge in [0.05, 0.1) is 0 Å². The smallest absolute Gasteiger partial charge is 0.290 e. The number of hydrogen-bond acceptors (Lipinski definition) is 4. The number of aliphatic hydroxyl groups is 2. The lowest BCUT2D eigenvalue weighted by Crippen LogP contribution is -2.33. The molecule has 8 heavy (non-hydrogen) atoms. The number of amides is 1. The summed E-state index contributed by atoms with van der Waals surface area (Å²) in [6, 6.07) is 0. The second-order valence-electron chi connectivity index (χ2n) is 1.10. The number of hydrogen-bond donors (Lipinski definition) is 3. The van der Waals surface area contributed by atoms with Crippen LogP contribution in [0.25, 0.3) is 0 Å². The first-order valence-electron chi connectivity index (χ1n) is 1.75. The normalized spacial score (nSPS) is 9.38. The molecule has 0 aliphatic rings. The van der Waals surface area contributed by atoms with Crippen molar-refractivity contribution in [1.82, 2.24) is 0 Å². The molecule has 0 heterocycles. The number of carbonyl (C=O) groups is 2. The Morgan fingerprint density at radius 3 is 1.75 bits per heavy atom. The summed E-state index contributed by atoms with van der Waals surface area (Å²) in [5, 5.41) is 15.8. The van der Waals surface area contributed by atoms with Crippen molar-refractivity contribution in [3.8, 4) is 0 Å². The van der Waals surface area contributed by atoms with Crippen molar-refractivity contribution >= 4 is 11.7 Å². The van der Waals surface area contributed by atoms with Crippen LogP contribution >= 0.6 is 0 Å². The zero-order valence-electron chi connectivity index (χ0n) is 3.87. The van der Waals surface area contributed by atoms with Crippen LogP contribution in [0.1, 0.15) is 0 Å². The molecular formula is C3H5NO4. The maximum absolute atomic E-state index is 9.87. The third kappa shape index (κ3) is 1.67. The summed E-state index contributed by atoms with van der Waals surface area (Å²) in [5.41, 5.74) is 4.33. The molecule has 0 spiro atoms. The maximum atomic E-state index is 9.87. The zero-order chi connectivity index (χ0) is 6.73. The lowest BCUT2D eigenvalue weighted by molar-refractivity contribution is -0.153. The fraction of sp³-hybridized carbons (Fsp3) is 0.333. The van der Waals surface area contributed by atoms with Gasteiger partial charge in [0.1, 0.15) is 0 Å². The highest BCUT2D eigenvalue weighted by atomic mass is 16.5. The van der Waals surface area contributed by atoms with Crippen molar-refractivity contribution in [3.05, 3.63) is 0 Å². The predicted octanol–water partition coefficient (Wildman–Crippen LogP) is -2.65. The van der Waals surface area contributed by atoms with Gasteiger partial charge in [0, 0.05) is 0 Å². The molecule has 0 saturated carbocycles. The summed E-state index contributed by atoms with van der Waals surface area (Å²) in [4.78, 5) is 19.6. The van der Waals surface area contributed by atoms with Gasteiger partial charge >= 0.3 is 0 Å². The molecule has 0 bridgehead atoms. The van der Waals surface area contributed by atoms with Crippen molar-refractivity contribution in [1.29, 1.82) is 0 Å². The molecule has 0 aliphatic heterocycles. The van der Waals surface area contributed by atoms with Gasteiger partial charge in [-0.2, -0.15) is 0 Å². The van der Waals surface area contributed by atoms with Crippen LogP contribution in [0.15, 0.2) is 0 Å². The second-order valence-corrected chi connectivity index (χ2v) is 1.10. The Morgan fingerprint density at radius 2 is 1.75 bits per heavy atom. The third-order valence-corrected chi connectivity index (χ3v) is 0.477. The van der Waals surface area contributed by atoms with Crippen LogP contribution in [0, 0.1) is 0 Å². The van der Waals surface area contributed by atoms with Crippen LogP contribution in [0.5, 0.6) is 0 Å². The number of carbonyl (C=O) groups excluding carboxylic acids is 2. The summed E-state index contributed by atoms with van der Waals surface area (Å²) in [7, 11) is 0. The van der Waals surface area contributed by atoms with Crippen LogP contribution in [0.3, 0.4) is 0 Å². The van der Waals surface area contributed by atoms with E-state index in [0.717, 1.165) is 0 Å². The summed E-state index contributed by atoms with van der Waals surface area (Å²) >= 11 is 0. The summed E-state index contributed by atoms with van der Waals surface area (Å²) in [6.45, 7) is 0. The minimum absolute atomic E-state index is 1.35. The van der Waals surface area contributed by atoms with E-state index < -0.39 is 18.0 Å². The number of ketones is 1. The average Bonchev–Trinajstić information content (AvgIpc) is 1.64. The van der Waals surface area contributed by atoms with Gasteiger partial charge in [-0.25, -0.2) is 0 Å². The molecule has 0 unspecified atom stereocenters. The van der Waals surface area contributed by atoms with Gasteiger partial charge in [0.25, 0.3) is 11.7 Å². The number of nitrogens with two attached hydrogens (primary N) is 1. The van der Waals surface area contributed by atoms with E-state index in [1.54, 1.807) is 0 Å². The van der Waals surface area contributed by atoms with E-state index >= 15 is 0 Å². The number of primary amides is 1. The van der Waals surface area contributed by atoms with Gasteiger partial charge in [-0.1, -0.05) is 0 Å². The topological polar surface area (TPSA) is 101 Å². The van der Waals surface area contributed by atoms with Gasteiger partial charge < -0.3 is 15.9 Å². The van der Waals surface area contributed by atoms with E-state index in [-0.39, 0.29) is 0 Å². The van der Waals surface area contributed by atoms with Gasteiger partial charge in [-0.15, -0.1) is 0 Å². The van der Waals surface area contributed by atoms with Crippen molar-refractivity contribution in [3.63, 3.8) is 0 Å². The van der Waals surface area contributed by atoms with E-state index in [0.29, 0.717) is 0 Å². The molecular weight excluding hydrogens is 114 g/mol. The Morgan fingerprint density at radius 1 is 1.38 bits per heavy atom. The molecule has 0 atom stereocenters. The molecule has 0 rings (SSSR count). The molecule has 5 nitrogen and oxygen atoms in total. The third-order valence-electron chi connectivity index (χ3n) is 0.477. The molecule has 4 N–H and O–H groups in total. The standard InChI is InChI=1S/C3H5NO4/c4-2(6)1(5)3(7)8/h3,7-8H,(H2,4,6). The lowest BCUT2D eigenvalue weighted by Gasteiger charge is -1.93. The second kappa shape index (κ2) is 2.39. The summed E-state index contributed by atoms with van der Waals surface area (Å²) in [6.07, 6.45) is -2.27. The molecule has 0 aromatic carbocycles. The highest BCUT2D eigenvalue weighted by molar-refractivity contribution is 6.36. The van der Waals surface area contributed by atoms with Crippen LogP contribution in [-0.2, 0) is 9.59 Å². The molecule has 46 valence electrons. The Balaban J connectivity index is 3.84. The molecule has 0 aromatic heterocycles. The SMILES string of the molecule is NC(=O)C(=O)C(O)O. The van der Waals surface area contributed by atoms with Crippen molar-refractivity contribution < 1.29 is 19.8 Å². The van der Waals surface area contributed by atoms with Crippen LogP contribution in [-0.4, -0.2) is 28.2 Å². The number of aliphatic hydroxyl groups excluding tert-OH is 1. The molecule has 0 aromatic rings. The van der Waals surface area contributed by atoms with Gasteiger partial charge in [0.15, 0.2) is 0 Å².